The number of nitrogens with zero attached hydrogens (tertiary/aromatic N) is 1. The van der Waals surface area contributed by atoms with Crippen LogP contribution in [0.2, 0.25) is 0 Å². The topological polar surface area (TPSA) is 171 Å². The number of esters is 2. The first-order chi connectivity index (χ1) is 25.8. The second-order valence-corrected chi connectivity index (χ2v) is 15.4. The molecule has 4 rings (SSSR count). The maximum absolute atomic E-state index is 12.7. The summed E-state index contributed by atoms with van der Waals surface area (Å²) < 4.78 is 26.9. The van der Waals surface area contributed by atoms with Crippen molar-refractivity contribution in [3.05, 3.63) is 59.7 Å². The van der Waals surface area contributed by atoms with E-state index in [1.54, 1.807) is 95.0 Å². The standard InChI is InChI=1S/C23H34N2O6.C18H26N2O4/c1-7-29-20(27)23(5,6)30-18-10-8-9-16(15-18)19(26)24-17-11-13-25(14-12-17)21(28)31-22(2,3)4;1-4-23-17(22)18(2,3)24-15-7-5-6-13(12-15)16(21)20-14-8-10-19-11-9-14/h8-10,15,17H,7,11-14H2,1-6H3,(H,24,26);5-7,12,14,19H,4,8-11H2,1-3H3,(H,20,21). The van der Waals surface area contributed by atoms with Gasteiger partial charge in [0.15, 0.2) is 11.2 Å². The Kier molecular flexibility index (Phi) is 16.3. The van der Waals surface area contributed by atoms with E-state index in [2.05, 4.69) is 16.0 Å². The molecule has 0 atom stereocenters. The van der Waals surface area contributed by atoms with E-state index in [1.807, 2.05) is 20.8 Å². The van der Waals surface area contributed by atoms with Gasteiger partial charge in [-0.2, -0.15) is 0 Å². The van der Waals surface area contributed by atoms with Gasteiger partial charge in [-0.1, -0.05) is 12.1 Å². The molecule has 3 N–H and O–H groups in total. The zero-order valence-electron chi connectivity index (χ0n) is 33.9. The second kappa shape index (κ2) is 20.2. The van der Waals surface area contributed by atoms with Crippen LogP contribution in [0.25, 0.3) is 0 Å². The number of carbonyl (C=O) groups excluding carboxylic acids is 5. The summed E-state index contributed by atoms with van der Waals surface area (Å²) in [7, 11) is 0. The third-order valence-electron chi connectivity index (χ3n) is 8.63. The van der Waals surface area contributed by atoms with Gasteiger partial charge in [-0.05, 0) is 137 Å². The summed E-state index contributed by atoms with van der Waals surface area (Å²) in [6, 6.07) is 13.7. The first kappa shape index (κ1) is 44.5. The van der Waals surface area contributed by atoms with Crippen molar-refractivity contribution in [1.29, 1.82) is 0 Å². The molecule has 0 aromatic heterocycles. The van der Waals surface area contributed by atoms with Crippen LogP contribution in [0.4, 0.5) is 4.79 Å². The smallest absolute Gasteiger partial charge is 0.410 e. The van der Waals surface area contributed by atoms with Gasteiger partial charge >= 0.3 is 18.0 Å². The number of carbonyl (C=O) groups is 5. The second-order valence-electron chi connectivity index (χ2n) is 15.4. The van der Waals surface area contributed by atoms with Crippen LogP contribution in [0.5, 0.6) is 11.5 Å². The number of likely N-dealkylation sites (tertiary alicyclic amines) is 1. The van der Waals surface area contributed by atoms with Crippen LogP contribution >= 0.6 is 0 Å². The maximum Gasteiger partial charge on any atom is 0.410 e. The molecule has 55 heavy (non-hydrogen) atoms. The lowest BCUT2D eigenvalue weighted by Crippen LogP contribution is -2.47. The molecule has 0 unspecified atom stereocenters. The Bertz CT molecular complexity index is 1610. The van der Waals surface area contributed by atoms with E-state index in [9.17, 15) is 24.0 Å². The van der Waals surface area contributed by atoms with Crippen LogP contribution in [-0.4, -0.2) is 103 Å². The first-order valence-corrected chi connectivity index (χ1v) is 19.1. The SMILES string of the molecule is CCOC(=O)C(C)(C)Oc1cccc(C(=O)NC2CCN(C(=O)OC(C)(C)C)CC2)c1.CCOC(=O)C(C)(C)Oc1cccc(C(=O)NC2CCNCC2)c1. The van der Waals surface area contributed by atoms with E-state index in [0.29, 0.717) is 55.2 Å². The fourth-order valence-electron chi connectivity index (χ4n) is 5.72. The third-order valence-corrected chi connectivity index (χ3v) is 8.63. The predicted octanol–water partition coefficient (Wildman–Crippen LogP) is 5.43. The van der Waals surface area contributed by atoms with Crippen LogP contribution in [0.3, 0.4) is 0 Å². The lowest BCUT2D eigenvalue weighted by Gasteiger charge is -2.33. The highest BCUT2D eigenvalue weighted by atomic mass is 16.6. The highest BCUT2D eigenvalue weighted by molar-refractivity contribution is 5.95. The molecule has 0 bridgehead atoms. The highest BCUT2D eigenvalue weighted by Crippen LogP contribution is 2.23. The summed E-state index contributed by atoms with van der Waals surface area (Å²) in [5.41, 5.74) is -1.85. The summed E-state index contributed by atoms with van der Waals surface area (Å²) in [6.45, 7) is 19.0. The van der Waals surface area contributed by atoms with Crippen molar-refractivity contribution in [3.63, 3.8) is 0 Å². The Morgan fingerprint density at radius 3 is 1.49 bits per heavy atom. The Hall–Kier alpha value is -4.85. The van der Waals surface area contributed by atoms with Crippen molar-refractivity contribution < 1.29 is 47.7 Å². The number of rotatable bonds is 12. The number of piperidine rings is 2. The van der Waals surface area contributed by atoms with Gasteiger partial charge in [-0.25, -0.2) is 14.4 Å². The number of benzene rings is 2. The van der Waals surface area contributed by atoms with Crippen LogP contribution in [0.15, 0.2) is 48.5 Å². The number of nitrogens with one attached hydrogen (secondary N) is 3. The van der Waals surface area contributed by atoms with E-state index < -0.39 is 28.7 Å². The molecule has 14 heteroatoms. The van der Waals surface area contributed by atoms with Gasteiger partial charge < -0.3 is 44.5 Å². The van der Waals surface area contributed by atoms with Crippen LogP contribution in [0.1, 0.15) is 109 Å². The minimum Gasteiger partial charge on any atom is -0.476 e. The average Bonchev–Trinajstić information content (AvgIpc) is 3.12. The largest absolute Gasteiger partial charge is 0.476 e. The molecule has 2 aromatic rings. The lowest BCUT2D eigenvalue weighted by molar-refractivity contribution is -0.159. The molecule has 2 heterocycles. The highest BCUT2D eigenvalue weighted by Gasteiger charge is 2.33. The van der Waals surface area contributed by atoms with Crippen molar-refractivity contribution in [2.24, 2.45) is 0 Å². The average molecular weight is 769 g/mol. The Morgan fingerprint density at radius 1 is 0.673 bits per heavy atom. The minimum absolute atomic E-state index is 0.0354. The molecule has 2 aromatic carbocycles. The monoisotopic (exact) mass is 768 g/mol. The number of hydrogen-bond acceptors (Lipinski definition) is 11. The zero-order chi connectivity index (χ0) is 40.8. The van der Waals surface area contributed by atoms with Gasteiger partial charge in [0.25, 0.3) is 11.8 Å². The molecule has 2 saturated heterocycles. The van der Waals surface area contributed by atoms with Crippen LogP contribution < -0.4 is 25.4 Å². The van der Waals surface area contributed by atoms with E-state index in [-0.39, 0.29) is 36.6 Å². The molecule has 2 fully saturated rings. The maximum atomic E-state index is 12.7. The summed E-state index contributed by atoms with van der Waals surface area (Å²) >= 11 is 0. The Balaban J connectivity index is 0.000000305. The molecule has 14 nitrogen and oxygen atoms in total. The summed E-state index contributed by atoms with van der Waals surface area (Å²) in [6.07, 6.45) is 2.83. The molecule has 0 aliphatic carbocycles. The van der Waals surface area contributed by atoms with Crippen LogP contribution in [0, 0.1) is 0 Å². The van der Waals surface area contributed by atoms with Gasteiger partial charge in [0.1, 0.15) is 17.1 Å². The normalized spacial score (nSPS) is 15.4. The van der Waals surface area contributed by atoms with Crippen molar-refractivity contribution in [2.75, 3.05) is 39.4 Å². The molecule has 2 aliphatic heterocycles. The molecule has 304 valence electrons. The molecule has 0 saturated carbocycles. The lowest BCUT2D eigenvalue weighted by atomic mass is 10.0. The van der Waals surface area contributed by atoms with Crippen molar-refractivity contribution in [3.8, 4) is 11.5 Å². The number of ether oxygens (including phenoxy) is 5. The molecular weight excluding hydrogens is 708 g/mol. The van der Waals surface area contributed by atoms with Crippen molar-refractivity contribution >= 4 is 29.8 Å². The summed E-state index contributed by atoms with van der Waals surface area (Å²) in [5.74, 6) is -0.385. The fraction of sp³-hybridized carbons (Fsp3) is 0.585. The third kappa shape index (κ3) is 14.7. The Morgan fingerprint density at radius 2 is 1.09 bits per heavy atom. The number of hydrogen-bond donors (Lipinski definition) is 3. The Labute approximate surface area is 325 Å². The van der Waals surface area contributed by atoms with Gasteiger partial charge in [0.2, 0.25) is 0 Å². The van der Waals surface area contributed by atoms with E-state index in [4.69, 9.17) is 23.7 Å². The van der Waals surface area contributed by atoms with Gasteiger partial charge in [0, 0.05) is 36.3 Å². The zero-order valence-corrected chi connectivity index (χ0v) is 33.9. The first-order valence-electron chi connectivity index (χ1n) is 19.1. The summed E-state index contributed by atoms with van der Waals surface area (Å²) in [5, 5.41) is 9.32. The van der Waals surface area contributed by atoms with E-state index in [0.717, 1.165) is 25.9 Å². The molecule has 3 amide bonds. The molecule has 0 spiro atoms. The van der Waals surface area contributed by atoms with E-state index >= 15 is 0 Å². The molecular formula is C41H60N4O10. The van der Waals surface area contributed by atoms with Gasteiger partial charge in [-0.3, -0.25) is 9.59 Å². The number of amides is 3. The van der Waals surface area contributed by atoms with Crippen LogP contribution in [-0.2, 0) is 23.8 Å². The fourth-order valence-corrected chi connectivity index (χ4v) is 5.72. The van der Waals surface area contributed by atoms with Gasteiger partial charge in [-0.15, -0.1) is 0 Å². The summed E-state index contributed by atoms with van der Waals surface area (Å²) in [4.78, 5) is 62.9. The quantitative estimate of drug-likeness (QED) is 0.186. The molecule has 2 aliphatic rings. The predicted molar refractivity (Wildman–Crippen MR) is 207 cm³/mol. The minimum atomic E-state index is -1.17. The van der Waals surface area contributed by atoms with E-state index in [1.165, 1.54) is 0 Å². The van der Waals surface area contributed by atoms with Crippen molar-refractivity contribution in [2.45, 2.75) is 117 Å². The molecule has 0 radical (unpaired) electrons. The van der Waals surface area contributed by atoms with Crippen molar-refractivity contribution in [1.82, 2.24) is 20.9 Å². The van der Waals surface area contributed by atoms with Gasteiger partial charge in [0.05, 0.1) is 13.2 Å².